The van der Waals surface area contributed by atoms with Gasteiger partial charge >= 0.3 is 0 Å². The number of hydrogen-bond donors (Lipinski definition) is 2. The number of nitrogens with zero attached hydrogens (tertiary/aromatic N) is 4. The van der Waals surface area contributed by atoms with Gasteiger partial charge in [0, 0.05) is 40.9 Å². The van der Waals surface area contributed by atoms with Gasteiger partial charge < -0.3 is 19.9 Å². The summed E-state index contributed by atoms with van der Waals surface area (Å²) >= 11 is 3.51. The maximum absolute atomic E-state index is 14.3. The van der Waals surface area contributed by atoms with Crippen LogP contribution in [0.3, 0.4) is 0 Å². The molecule has 0 aromatic heterocycles. The number of carbonyl (C=O) groups is 1. The third kappa shape index (κ3) is 7.70. The average Bonchev–Trinajstić information content (AvgIpc) is 3.40. The lowest BCUT2D eigenvalue weighted by molar-refractivity contribution is -0.128. The summed E-state index contributed by atoms with van der Waals surface area (Å²) in [5.41, 5.74) is 10.9. The van der Waals surface area contributed by atoms with Gasteiger partial charge in [-0.2, -0.15) is 0 Å². The Kier molecular flexibility index (Phi) is 11.4. The molecule has 3 aromatic carbocycles. The predicted octanol–water partition coefficient (Wildman–Crippen LogP) is 6.83. The highest BCUT2D eigenvalue weighted by Gasteiger charge is 2.53. The van der Waals surface area contributed by atoms with Gasteiger partial charge in [-0.1, -0.05) is 77.2 Å². The smallest absolute Gasteiger partial charge is 0.252 e. The van der Waals surface area contributed by atoms with Gasteiger partial charge in [0.05, 0.1) is 13.2 Å². The van der Waals surface area contributed by atoms with Crippen LogP contribution in [0.1, 0.15) is 61.0 Å². The van der Waals surface area contributed by atoms with E-state index < -0.39 is 11.6 Å². The van der Waals surface area contributed by atoms with E-state index in [1.807, 2.05) is 72.8 Å². The van der Waals surface area contributed by atoms with E-state index in [-0.39, 0.29) is 25.5 Å². The maximum Gasteiger partial charge on any atom is 0.252 e. The van der Waals surface area contributed by atoms with Crippen molar-refractivity contribution in [2.24, 2.45) is 10.1 Å². The minimum absolute atomic E-state index is 0.0642. The molecule has 1 amide bonds. The number of halogens is 1. The molecule has 0 fully saturated rings. The van der Waals surface area contributed by atoms with E-state index in [9.17, 15) is 4.79 Å². The van der Waals surface area contributed by atoms with Gasteiger partial charge in [0.25, 0.3) is 5.91 Å². The van der Waals surface area contributed by atoms with E-state index in [2.05, 4.69) is 38.2 Å². The minimum Gasteiger partial charge on any atom is -0.494 e. The van der Waals surface area contributed by atoms with Crippen molar-refractivity contribution in [3.8, 4) is 5.75 Å². The Bertz CT molecular complexity index is 1410. The molecular formula is C32H36BrN5O4. The van der Waals surface area contributed by atoms with Crippen molar-refractivity contribution in [3.63, 3.8) is 0 Å². The second-order valence-electron chi connectivity index (χ2n) is 10.1. The van der Waals surface area contributed by atoms with Crippen molar-refractivity contribution >= 4 is 27.7 Å². The molecule has 0 bridgehead atoms. The van der Waals surface area contributed by atoms with Gasteiger partial charge in [0.2, 0.25) is 5.90 Å². The summed E-state index contributed by atoms with van der Waals surface area (Å²) < 4.78 is 13.2. The number of aliphatic hydroxyl groups excluding tert-OH is 1. The van der Waals surface area contributed by atoms with Crippen molar-refractivity contribution in [3.05, 3.63) is 110 Å². The zero-order valence-corrected chi connectivity index (χ0v) is 25.3. The molecule has 9 nitrogen and oxygen atoms in total. The number of carbonyl (C=O) groups excluding carboxylic acids is 1. The second-order valence-corrected chi connectivity index (χ2v) is 11.1. The number of amides is 1. The molecule has 4 rings (SSSR count). The van der Waals surface area contributed by atoms with Crippen molar-refractivity contribution in [2.75, 3.05) is 19.8 Å². The van der Waals surface area contributed by atoms with Crippen LogP contribution in [0.2, 0.25) is 0 Å². The van der Waals surface area contributed by atoms with Crippen LogP contribution < -0.4 is 10.1 Å². The molecule has 0 saturated heterocycles. The molecule has 1 aliphatic rings. The molecule has 1 aliphatic heterocycles. The van der Waals surface area contributed by atoms with Crippen LogP contribution in [0, 0.1) is 0 Å². The molecule has 220 valence electrons. The first kappa shape index (κ1) is 31.1. The van der Waals surface area contributed by atoms with E-state index in [1.165, 1.54) is 0 Å². The van der Waals surface area contributed by atoms with Crippen LogP contribution in [0.5, 0.6) is 5.75 Å². The quantitative estimate of drug-likeness (QED) is 0.0822. The predicted molar refractivity (Wildman–Crippen MR) is 166 cm³/mol. The number of aliphatic imine (C=N–C) groups is 1. The molecule has 2 atom stereocenters. The van der Waals surface area contributed by atoms with Crippen LogP contribution >= 0.6 is 15.9 Å². The van der Waals surface area contributed by atoms with Crippen molar-refractivity contribution in [1.29, 1.82) is 0 Å². The Morgan fingerprint density at radius 2 is 1.83 bits per heavy atom. The number of unbranched alkanes of at least 4 members (excludes halogenated alkanes) is 2. The third-order valence-corrected chi connectivity index (χ3v) is 7.68. The first-order valence-electron chi connectivity index (χ1n) is 14.2. The monoisotopic (exact) mass is 633 g/mol. The number of nitrogens with one attached hydrogen (secondary N) is 1. The number of ether oxygens (including phenoxy) is 2. The molecule has 0 radical (unpaired) electrons. The standard InChI is InChI=1S/C32H36BrN5O4/c1-2-3-6-18-35-31(40)32(21-25-8-4-5-9-26(25)22-36-38-34)29(23-10-14-27(33)15-11-23)42-30(37-32)24-12-16-28(17-13-24)41-20-7-19-39/h4-5,8-17,29,39H,2-3,6-7,18-22H2,1H3,(H,35,40)/t29-,32-/m1/s1. The molecule has 0 spiro atoms. The minimum atomic E-state index is -1.32. The van der Waals surface area contributed by atoms with Crippen LogP contribution in [-0.2, 0) is 22.5 Å². The lowest BCUT2D eigenvalue weighted by Gasteiger charge is -2.31. The van der Waals surface area contributed by atoms with E-state index in [4.69, 9.17) is 25.1 Å². The zero-order chi connectivity index (χ0) is 29.8. The highest BCUT2D eigenvalue weighted by molar-refractivity contribution is 9.10. The van der Waals surface area contributed by atoms with Crippen molar-refractivity contribution in [2.45, 2.75) is 57.2 Å². The lowest BCUT2D eigenvalue weighted by atomic mass is 9.81. The molecule has 0 unspecified atom stereocenters. The number of aliphatic hydroxyl groups is 1. The Balaban J connectivity index is 1.79. The fourth-order valence-corrected chi connectivity index (χ4v) is 5.20. The van der Waals surface area contributed by atoms with E-state index in [1.54, 1.807) is 0 Å². The van der Waals surface area contributed by atoms with Crippen molar-refractivity contribution in [1.82, 2.24) is 5.32 Å². The van der Waals surface area contributed by atoms with Gasteiger partial charge in [0.15, 0.2) is 11.6 Å². The van der Waals surface area contributed by atoms with Crippen LogP contribution in [0.25, 0.3) is 10.4 Å². The Hall–Kier alpha value is -3.85. The fourth-order valence-electron chi connectivity index (χ4n) is 4.93. The number of rotatable bonds is 15. The highest BCUT2D eigenvalue weighted by Crippen LogP contribution is 2.43. The SMILES string of the molecule is CCCCCNC(=O)[C@]1(Cc2ccccc2CN=[N+]=[N-])N=C(c2ccc(OCCCO)cc2)O[C@@H]1c1ccc(Br)cc1. The summed E-state index contributed by atoms with van der Waals surface area (Å²) in [5.74, 6) is 0.812. The molecule has 2 N–H and O–H groups in total. The summed E-state index contributed by atoms with van der Waals surface area (Å²) in [6.45, 7) is 3.30. The molecule has 1 heterocycles. The summed E-state index contributed by atoms with van der Waals surface area (Å²) in [4.78, 5) is 22.3. The number of benzene rings is 3. The molecule has 42 heavy (non-hydrogen) atoms. The molecule has 10 heteroatoms. The fraction of sp³-hybridized carbons (Fsp3) is 0.375. The van der Waals surface area contributed by atoms with Gasteiger partial charge in [-0.05, 0) is 65.0 Å². The Morgan fingerprint density at radius 3 is 2.52 bits per heavy atom. The topological polar surface area (TPSA) is 129 Å². The maximum atomic E-state index is 14.3. The van der Waals surface area contributed by atoms with E-state index in [0.29, 0.717) is 31.2 Å². The number of hydrogen-bond acceptors (Lipinski definition) is 6. The molecular weight excluding hydrogens is 598 g/mol. The zero-order valence-electron chi connectivity index (χ0n) is 23.7. The van der Waals surface area contributed by atoms with E-state index >= 15 is 0 Å². The highest BCUT2D eigenvalue weighted by atomic mass is 79.9. The van der Waals surface area contributed by atoms with Crippen LogP contribution in [0.15, 0.2) is 87.4 Å². The lowest BCUT2D eigenvalue weighted by Crippen LogP contribution is -2.50. The molecule has 3 aromatic rings. The van der Waals surface area contributed by atoms with Crippen LogP contribution in [-0.4, -0.2) is 42.2 Å². The van der Waals surface area contributed by atoms with Crippen molar-refractivity contribution < 1.29 is 19.4 Å². The van der Waals surface area contributed by atoms with Gasteiger partial charge in [-0.25, -0.2) is 4.99 Å². The largest absolute Gasteiger partial charge is 0.494 e. The summed E-state index contributed by atoms with van der Waals surface area (Å²) in [5, 5.41) is 16.0. The first-order chi connectivity index (χ1) is 20.5. The summed E-state index contributed by atoms with van der Waals surface area (Å²) in [6, 6.07) is 22.7. The molecule has 0 aliphatic carbocycles. The Labute approximate surface area is 254 Å². The normalized spacial score (nSPS) is 17.6. The number of azide groups is 1. The first-order valence-corrected chi connectivity index (χ1v) is 15.0. The van der Waals surface area contributed by atoms with Gasteiger partial charge in [-0.15, -0.1) is 0 Å². The average molecular weight is 635 g/mol. The summed E-state index contributed by atoms with van der Waals surface area (Å²) in [7, 11) is 0. The van der Waals surface area contributed by atoms with E-state index in [0.717, 1.165) is 46.0 Å². The third-order valence-electron chi connectivity index (χ3n) is 7.15. The summed E-state index contributed by atoms with van der Waals surface area (Å²) in [6.07, 6.45) is 3.00. The Morgan fingerprint density at radius 1 is 1.10 bits per heavy atom. The second kappa shape index (κ2) is 15.4. The van der Waals surface area contributed by atoms with Crippen LogP contribution in [0.4, 0.5) is 0 Å². The van der Waals surface area contributed by atoms with Gasteiger partial charge in [0.1, 0.15) is 5.75 Å². The van der Waals surface area contributed by atoms with Gasteiger partial charge in [-0.3, -0.25) is 4.79 Å². The molecule has 0 saturated carbocycles.